The second-order valence-corrected chi connectivity index (χ2v) is 4.93. The van der Waals surface area contributed by atoms with Gasteiger partial charge in [0.2, 0.25) is 0 Å². The van der Waals surface area contributed by atoms with Crippen molar-refractivity contribution in [2.24, 2.45) is 5.92 Å². The van der Waals surface area contributed by atoms with Crippen molar-refractivity contribution in [1.29, 1.82) is 0 Å². The highest BCUT2D eigenvalue weighted by molar-refractivity contribution is 5.46. The number of aromatic nitrogens is 2. The third-order valence-electron chi connectivity index (χ3n) is 3.48. The molecule has 0 aliphatic carbocycles. The van der Waals surface area contributed by atoms with E-state index in [1.807, 2.05) is 20.8 Å². The minimum atomic E-state index is -0.718. The smallest absolute Gasteiger partial charge is 0.187 e. The highest BCUT2D eigenvalue weighted by atomic mass is 19.1. The maximum atomic E-state index is 13.9. The first-order chi connectivity index (χ1) is 7.98. The maximum Gasteiger partial charge on any atom is 0.187 e. The van der Waals surface area contributed by atoms with Crippen molar-refractivity contribution in [2.75, 3.05) is 18.0 Å². The number of halogens is 1. The van der Waals surface area contributed by atoms with Gasteiger partial charge in [-0.25, -0.2) is 14.4 Å². The number of β-amino-alcohol motifs (C(OH)–C–C–N with tert-alkyl or cyclic N) is 1. The minimum absolute atomic E-state index is 0.161. The molecular formula is C12H18FN3O. The van der Waals surface area contributed by atoms with Crippen molar-refractivity contribution in [3.05, 3.63) is 17.8 Å². The fraction of sp³-hybridized carbons (Fsp3) is 0.667. The summed E-state index contributed by atoms with van der Waals surface area (Å²) < 4.78 is 13.9. The monoisotopic (exact) mass is 239 g/mol. The fourth-order valence-corrected chi connectivity index (χ4v) is 1.99. The maximum absolute atomic E-state index is 13.9. The third kappa shape index (κ3) is 1.99. The third-order valence-corrected chi connectivity index (χ3v) is 3.48. The first-order valence-electron chi connectivity index (χ1n) is 5.94. The van der Waals surface area contributed by atoms with Crippen LogP contribution in [-0.2, 0) is 6.42 Å². The van der Waals surface area contributed by atoms with Gasteiger partial charge in [-0.1, -0.05) is 20.8 Å². The Bertz CT molecular complexity index is 416. The van der Waals surface area contributed by atoms with Crippen molar-refractivity contribution < 1.29 is 9.50 Å². The predicted octanol–water partition coefficient (Wildman–Crippen LogP) is 1.39. The number of rotatable bonds is 3. The van der Waals surface area contributed by atoms with Crippen molar-refractivity contribution in [3.8, 4) is 0 Å². The average molecular weight is 239 g/mol. The van der Waals surface area contributed by atoms with Crippen LogP contribution in [0, 0.1) is 11.7 Å². The summed E-state index contributed by atoms with van der Waals surface area (Å²) in [5, 5.41) is 10.1. The molecular weight excluding hydrogens is 221 g/mol. The molecule has 1 aromatic heterocycles. The van der Waals surface area contributed by atoms with Crippen LogP contribution in [0.25, 0.3) is 0 Å². The number of hydrogen-bond donors (Lipinski definition) is 1. The second kappa shape index (κ2) is 4.22. The van der Waals surface area contributed by atoms with Crippen molar-refractivity contribution in [3.63, 3.8) is 0 Å². The number of anilines is 1. The molecule has 0 atom stereocenters. The quantitative estimate of drug-likeness (QED) is 0.866. The Morgan fingerprint density at radius 1 is 1.47 bits per heavy atom. The lowest BCUT2D eigenvalue weighted by molar-refractivity contribution is -0.0307. The van der Waals surface area contributed by atoms with Crippen LogP contribution in [-0.4, -0.2) is 33.8 Å². The van der Waals surface area contributed by atoms with E-state index in [-0.39, 0.29) is 11.7 Å². The normalized spacial score (nSPS) is 18.4. The van der Waals surface area contributed by atoms with Gasteiger partial charge in [-0.15, -0.1) is 0 Å². The van der Waals surface area contributed by atoms with Crippen molar-refractivity contribution >= 4 is 5.82 Å². The van der Waals surface area contributed by atoms with Gasteiger partial charge < -0.3 is 10.0 Å². The Morgan fingerprint density at radius 2 is 2.12 bits per heavy atom. The lowest BCUT2D eigenvalue weighted by Gasteiger charge is -2.49. The van der Waals surface area contributed by atoms with Gasteiger partial charge in [-0.2, -0.15) is 0 Å². The van der Waals surface area contributed by atoms with Crippen LogP contribution in [0.2, 0.25) is 0 Å². The molecule has 1 aromatic rings. The van der Waals surface area contributed by atoms with Gasteiger partial charge in [0.1, 0.15) is 11.9 Å². The van der Waals surface area contributed by atoms with Crippen molar-refractivity contribution in [1.82, 2.24) is 9.97 Å². The standard InChI is InChI=1S/C12H18FN3O/c1-4-9-10(13)11(15-7-14-9)16-5-12(17,6-16)8(2)3/h7-8,17H,4-6H2,1-3H3. The van der Waals surface area contributed by atoms with Crippen LogP contribution in [0.15, 0.2) is 6.33 Å². The molecule has 0 amide bonds. The van der Waals surface area contributed by atoms with E-state index >= 15 is 0 Å². The topological polar surface area (TPSA) is 49.2 Å². The van der Waals surface area contributed by atoms with Gasteiger partial charge in [0.05, 0.1) is 18.8 Å². The summed E-state index contributed by atoms with van der Waals surface area (Å²) in [4.78, 5) is 9.62. The van der Waals surface area contributed by atoms with Gasteiger partial charge >= 0.3 is 0 Å². The van der Waals surface area contributed by atoms with Gasteiger partial charge in [0.25, 0.3) is 0 Å². The number of nitrogens with zero attached hydrogens (tertiary/aromatic N) is 3. The van der Waals surface area contributed by atoms with Crippen LogP contribution in [0.4, 0.5) is 10.2 Å². The van der Waals surface area contributed by atoms with Crippen LogP contribution < -0.4 is 4.90 Å². The molecule has 0 bridgehead atoms. The van der Waals surface area contributed by atoms with Crippen molar-refractivity contribution in [2.45, 2.75) is 32.8 Å². The average Bonchev–Trinajstić information content (AvgIpc) is 2.25. The summed E-state index contributed by atoms with van der Waals surface area (Å²) in [5.41, 5.74) is -0.293. The Labute approximate surface area is 101 Å². The van der Waals surface area contributed by atoms with E-state index in [0.717, 1.165) is 0 Å². The number of aliphatic hydroxyl groups is 1. The summed E-state index contributed by atoms with van der Waals surface area (Å²) in [6, 6.07) is 0. The summed E-state index contributed by atoms with van der Waals surface area (Å²) in [6.45, 7) is 6.65. The second-order valence-electron chi connectivity index (χ2n) is 4.93. The molecule has 0 unspecified atom stereocenters. The Morgan fingerprint density at radius 3 is 2.65 bits per heavy atom. The highest BCUT2D eigenvalue weighted by Crippen LogP contribution is 2.33. The van der Waals surface area contributed by atoms with Gasteiger partial charge in [-0.05, 0) is 12.3 Å². The van der Waals surface area contributed by atoms with Crippen LogP contribution in [0.1, 0.15) is 26.5 Å². The summed E-state index contributed by atoms with van der Waals surface area (Å²) >= 11 is 0. The van der Waals surface area contributed by atoms with Crippen LogP contribution in [0.5, 0.6) is 0 Å². The lowest BCUT2D eigenvalue weighted by atomic mass is 9.83. The van der Waals surface area contributed by atoms with Gasteiger partial charge in [-0.3, -0.25) is 0 Å². The van der Waals surface area contributed by atoms with Gasteiger partial charge in [0.15, 0.2) is 11.6 Å². The van der Waals surface area contributed by atoms with E-state index in [2.05, 4.69) is 9.97 Å². The number of hydrogen-bond acceptors (Lipinski definition) is 4. The van der Waals surface area contributed by atoms with E-state index < -0.39 is 5.60 Å². The molecule has 1 aliphatic heterocycles. The number of aryl methyl sites for hydroxylation is 1. The van der Waals surface area contributed by atoms with E-state index in [9.17, 15) is 9.50 Å². The summed E-state index contributed by atoms with van der Waals surface area (Å²) in [5.74, 6) is 0.109. The fourth-order valence-electron chi connectivity index (χ4n) is 1.99. The zero-order valence-electron chi connectivity index (χ0n) is 10.4. The molecule has 4 nitrogen and oxygen atoms in total. The molecule has 0 aromatic carbocycles. The Hall–Kier alpha value is -1.23. The SMILES string of the molecule is CCc1ncnc(N2CC(O)(C(C)C)C2)c1F. The Kier molecular flexibility index (Phi) is 3.03. The largest absolute Gasteiger partial charge is 0.386 e. The molecule has 1 fully saturated rings. The first kappa shape index (κ1) is 12.2. The molecule has 0 radical (unpaired) electrons. The van der Waals surface area contributed by atoms with Crippen LogP contribution >= 0.6 is 0 Å². The molecule has 1 aliphatic rings. The summed E-state index contributed by atoms with van der Waals surface area (Å²) in [7, 11) is 0. The molecule has 94 valence electrons. The molecule has 2 heterocycles. The predicted molar refractivity (Wildman–Crippen MR) is 63.4 cm³/mol. The molecule has 1 N–H and O–H groups in total. The highest BCUT2D eigenvalue weighted by Gasteiger charge is 2.45. The summed E-state index contributed by atoms with van der Waals surface area (Å²) in [6.07, 6.45) is 1.92. The molecule has 1 saturated heterocycles. The molecule has 5 heteroatoms. The Balaban J connectivity index is 2.17. The van der Waals surface area contributed by atoms with Crippen LogP contribution in [0.3, 0.4) is 0 Å². The van der Waals surface area contributed by atoms with E-state index in [0.29, 0.717) is 31.0 Å². The zero-order chi connectivity index (χ0) is 12.6. The lowest BCUT2D eigenvalue weighted by Crippen LogP contribution is -2.65. The molecule has 0 saturated carbocycles. The van der Waals surface area contributed by atoms with E-state index in [1.165, 1.54) is 6.33 Å². The zero-order valence-corrected chi connectivity index (χ0v) is 10.4. The van der Waals surface area contributed by atoms with Gasteiger partial charge in [0, 0.05) is 0 Å². The first-order valence-corrected chi connectivity index (χ1v) is 5.94. The molecule has 2 rings (SSSR count). The molecule has 0 spiro atoms. The van der Waals surface area contributed by atoms with E-state index in [4.69, 9.17) is 0 Å². The molecule has 17 heavy (non-hydrogen) atoms. The minimum Gasteiger partial charge on any atom is -0.386 e. The van der Waals surface area contributed by atoms with E-state index in [1.54, 1.807) is 4.90 Å².